The fraction of sp³-hybridized carbons (Fsp3) is 0. The quantitative estimate of drug-likeness (QED) is 0.684. The predicted octanol–water partition coefficient (Wildman–Crippen LogP) is 4.15. The van der Waals surface area contributed by atoms with Crippen LogP contribution in [0.1, 0.15) is 20.7 Å². The molecule has 0 unspecified atom stereocenters. The van der Waals surface area contributed by atoms with Gasteiger partial charge in [-0.05, 0) is 67.8 Å². The van der Waals surface area contributed by atoms with Crippen molar-refractivity contribution in [2.75, 3.05) is 0 Å². The van der Waals surface area contributed by atoms with E-state index >= 15 is 0 Å². The zero-order valence-corrected chi connectivity index (χ0v) is 12.2. The van der Waals surface area contributed by atoms with Crippen LogP contribution in [0.25, 0.3) is 21.5 Å². The SMILES string of the molecule is O=C(O)c1ccc2cc3c(Br)c(C(=O)O)ccc3cc2c1. The molecule has 0 saturated carbocycles. The van der Waals surface area contributed by atoms with Crippen LogP contribution in [0.2, 0.25) is 0 Å². The van der Waals surface area contributed by atoms with Crippen molar-refractivity contribution in [1.29, 1.82) is 0 Å². The first-order valence-corrected chi connectivity index (χ1v) is 6.89. The van der Waals surface area contributed by atoms with Gasteiger partial charge in [-0.15, -0.1) is 0 Å². The number of benzene rings is 3. The first-order chi connectivity index (χ1) is 9.97. The van der Waals surface area contributed by atoms with E-state index in [2.05, 4.69) is 15.9 Å². The van der Waals surface area contributed by atoms with Gasteiger partial charge in [0.2, 0.25) is 0 Å². The number of aromatic carboxylic acids is 2. The van der Waals surface area contributed by atoms with Gasteiger partial charge in [-0.2, -0.15) is 0 Å². The summed E-state index contributed by atoms with van der Waals surface area (Å²) in [5.74, 6) is -1.97. The molecule has 0 heterocycles. The van der Waals surface area contributed by atoms with Crippen LogP contribution < -0.4 is 0 Å². The highest BCUT2D eigenvalue weighted by atomic mass is 79.9. The van der Waals surface area contributed by atoms with E-state index in [0.717, 1.165) is 21.5 Å². The van der Waals surface area contributed by atoms with E-state index in [1.54, 1.807) is 18.2 Å². The van der Waals surface area contributed by atoms with Gasteiger partial charge in [0.05, 0.1) is 11.1 Å². The lowest BCUT2D eigenvalue weighted by Gasteiger charge is -2.07. The second-order valence-electron chi connectivity index (χ2n) is 4.67. The van der Waals surface area contributed by atoms with Crippen molar-refractivity contribution in [3.05, 3.63) is 58.1 Å². The summed E-state index contributed by atoms with van der Waals surface area (Å²) in [5, 5.41) is 21.5. The Labute approximate surface area is 127 Å². The minimum absolute atomic E-state index is 0.198. The minimum atomic E-state index is -0.995. The van der Waals surface area contributed by atoms with Crippen molar-refractivity contribution < 1.29 is 19.8 Å². The Bertz CT molecular complexity index is 915. The Hall–Kier alpha value is -2.40. The van der Waals surface area contributed by atoms with Crippen LogP contribution in [0, 0.1) is 0 Å². The molecule has 0 aliphatic rings. The first-order valence-electron chi connectivity index (χ1n) is 6.10. The molecule has 0 bridgehead atoms. The maximum Gasteiger partial charge on any atom is 0.336 e. The molecule has 0 spiro atoms. The van der Waals surface area contributed by atoms with Crippen LogP contribution in [-0.2, 0) is 0 Å². The molecular formula is C16H9BrO4. The summed E-state index contributed by atoms with van der Waals surface area (Å²) in [6, 6.07) is 11.8. The summed E-state index contributed by atoms with van der Waals surface area (Å²) in [4.78, 5) is 22.2. The van der Waals surface area contributed by atoms with Gasteiger partial charge in [0.15, 0.2) is 0 Å². The molecule has 0 aromatic heterocycles. The molecule has 21 heavy (non-hydrogen) atoms. The molecule has 0 aliphatic carbocycles. The first kappa shape index (κ1) is 13.6. The van der Waals surface area contributed by atoms with Crippen molar-refractivity contribution in [3.63, 3.8) is 0 Å². The van der Waals surface area contributed by atoms with Crippen molar-refractivity contribution in [2.45, 2.75) is 0 Å². The zero-order valence-electron chi connectivity index (χ0n) is 10.6. The molecule has 3 rings (SSSR count). The normalized spacial score (nSPS) is 10.9. The smallest absolute Gasteiger partial charge is 0.336 e. The molecule has 0 fully saturated rings. The van der Waals surface area contributed by atoms with E-state index in [9.17, 15) is 9.59 Å². The molecule has 3 aromatic carbocycles. The van der Waals surface area contributed by atoms with Gasteiger partial charge in [-0.25, -0.2) is 9.59 Å². The van der Waals surface area contributed by atoms with Gasteiger partial charge in [-0.1, -0.05) is 12.1 Å². The summed E-state index contributed by atoms with van der Waals surface area (Å²) in [6.07, 6.45) is 0. The standard InChI is InChI=1S/C16H9BrO4/c17-14-12(16(20)21)4-3-9-5-11-6-10(15(18)19)2-1-8(11)7-13(9)14/h1-7H,(H,18,19)(H,20,21). The minimum Gasteiger partial charge on any atom is -0.478 e. The molecule has 0 radical (unpaired) electrons. The van der Waals surface area contributed by atoms with Crippen molar-refractivity contribution in [1.82, 2.24) is 0 Å². The summed E-state index contributed by atoms with van der Waals surface area (Å²) >= 11 is 3.33. The van der Waals surface area contributed by atoms with Crippen LogP contribution in [0.3, 0.4) is 0 Å². The average Bonchev–Trinajstić information content (AvgIpc) is 2.45. The van der Waals surface area contributed by atoms with Gasteiger partial charge in [0.25, 0.3) is 0 Å². The Morgan fingerprint density at radius 1 is 0.810 bits per heavy atom. The number of carbonyl (C=O) groups is 2. The van der Waals surface area contributed by atoms with Crippen LogP contribution in [-0.4, -0.2) is 22.2 Å². The number of halogens is 1. The molecule has 4 nitrogen and oxygen atoms in total. The molecular weight excluding hydrogens is 336 g/mol. The monoisotopic (exact) mass is 344 g/mol. The van der Waals surface area contributed by atoms with E-state index in [4.69, 9.17) is 10.2 Å². The Morgan fingerprint density at radius 3 is 2.19 bits per heavy atom. The lowest BCUT2D eigenvalue weighted by molar-refractivity contribution is 0.0685. The fourth-order valence-electron chi connectivity index (χ4n) is 2.33. The molecule has 5 heteroatoms. The van der Waals surface area contributed by atoms with E-state index in [0.29, 0.717) is 4.47 Å². The molecule has 0 aliphatic heterocycles. The Kier molecular flexibility index (Phi) is 3.14. The van der Waals surface area contributed by atoms with Gasteiger partial charge >= 0.3 is 11.9 Å². The molecule has 0 amide bonds. The van der Waals surface area contributed by atoms with Gasteiger partial charge in [-0.3, -0.25) is 0 Å². The number of carboxylic acids is 2. The summed E-state index contributed by atoms with van der Waals surface area (Å²) in [7, 11) is 0. The fourth-order valence-corrected chi connectivity index (χ4v) is 2.98. The highest BCUT2D eigenvalue weighted by Crippen LogP contribution is 2.31. The third-order valence-corrected chi connectivity index (χ3v) is 4.24. The maximum absolute atomic E-state index is 11.2. The third-order valence-electron chi connectivity index (χ3n) is 3.39. The Balaban J connectivity index is 2.34. The summed E-state index contributed by atoms with van der Waals surface area (Å²) in [6.45, 7) is 0. The predicted molar refractivity (Wildman–Crippen MR) is 83.1 cm³/mol. The van der Waals surface area contributed by atoms with Crippen LogP contribution in [0.4, 0.5) is 0 Å². The van der Waals surface area contributed by atoms with E-state index in [1.807, 2.05) is 12.1 Å². The molecule has 3 aromatic rings. The van der Waals surface area contributed by atoms with Gasteiger partial charge in [0, 0.05) is 4.47 Å². The van der Waals surface area contributed by atoms with E-state index in [-0.39, 0.29) is 11.1 Å². The lowest BCUT2D eigenvalue weighted by Crippen LogP contribution is -1.98. The number of hydrogen-bond acceptors (Lipinski definition) is 2. The summed E-state index contributed by atoms with van der Waals surface area (Å²) < 4.78 is 0.525. The average molecular weight is 345 g/mol. The largest absolute Gasteiger partial charge is 0.478 e. The number of rotatable bonds is 2. The van der Waals surface area contributed by atoms with E-state index < -0.39 is 11.9 Å². The molecule has 0 atom stereocenters. The van der Waals surface area contributed by atoms with Gasteiger partial charge in [0.1, 0.15) is 0 Å². The van der Waals surface area contributed by atoms with E-state index in [1.165, 1.54) is 12.1 Å². The van der Waals surface area contributed by atoms with Crippen LogP contribution >= 0.6 is 15.9 Å². The maximum atomic E-state index is 11.2. The number of carboxylic acid groups (broad SMARTS) is 2. The zero-order chi connectivity index (χ0) is 15.1. The molecule has 0 saturated heterocycles. The number of fused-ring (bicyclic) bond motifs is 2. The number of hydrogen-bond donors (Lipinski definition) is 2. The van der Waals surface area contributed by atoms with Crippen molar-refractivity contribution in [3.8, 4) is 0 Å². The molecule has 2 N–H and O–H groups in total. The van der Waals surface area contributed by atoms with Gasteiger partial charge < -0.3 is 10.2 Å². The second-order valence-corrected chi connectivity index (χ2v) is 5.47. The summed E-state index contributed by atoms with van der Waals surface area (Å²) in [5.41, 5.74) is 0.423. The molecule has 104 valence electrons. The van der Waals surface area contributed by atoms with Crippen LogP contribution in [0.5, 0.6) is 0 Å². The van der Waals surface area contributed by atoms with Crippen molar-refractivity contribution >= 4 is 49.4 Å². The highest BCUT2D eigenvalue weighted by Gasteiger charge is 2.12. The topological polar surface area (TPSA) is 74.6 Å². The third kappa shape index (κ3) is 2.25. The van der Waals surface area contributed by atoms with Crippen LogP contribution in [0.15, 0.2) is 46.9 Å². The Morgan fingerprint density at radius 2 is 1.52 bits per heavy atom. The second kappa shape index (κ2) is 4.86. The highest BCUT2D eigenvalue weighted by molar-refractivity contribution is 9.10. The van der Waals surface area contributed by atoms with Crippen molar-refractivity contribution in [2.24, 2.45) is 0 Å². The lowest BCUT2D eigenvalue weighted by atomic mass is 10.00.